The number of aryl methyl sites for hydroxylation is 2. The molecule has 2 aromatic heterocycles. The van der Waals surface area contributed by atoms with Crippen LogP contribution in [0.25, 0.3) is 11.0 Å². The van der Waals surface area contributed by atoms with Crippen LogP contribution in [0.3, 0.4) is 0 Å². The van der Waals surface area contributed by atoms with E-state index in [2.05, 4.69) is 9.97 Å². The van der Waals surface area contributed by atoms with E-state index in [4.69, 9.17) is 16.3 Å². The molecular weight excluding hydrogens is 295 g/mol. The van der Waals surface area contributed by atoms with E-state index in [9.17, 15) is 4.39 Å². The quantitative estimate of drug-likeness (QED) is 0.681. The highest BCUT2D eigenvalue weighted by molar-refractivity contribution is 6.16. The number of ether oxygens (including phenoxy) is 1. The minimum absolute atomic E-state index is 0.201. The van der Waals surface area contributed by atoms with Crippen LogP contribution in [-0.4, -0.2) is 26.2 Å². The molecule has 0 N–H and O–H groups in total. The van der Waals surface area contributed by atoms with E-state index in [1.807, 2.05) is 15.3 Å². The Balaban J connectivity index is 2.01. The Bertz CT molecular complexity index is 754. The molecule has 0 amide bonds. The molecule has 0 aliphatic heterocycles. The largest absolute Gasteiger partial charge is 0.494 e. The van der Waals surface area contributed by atoms with Gasteiger partial charge < -0.3 is 13.9 Å². The van der Waals surface area contributed by atoms with E-state index in [0.29, 0.717) is 17.9 Å². The number of hydrogen-bond acceptors (Lipinski definition) is 3. The molecule has 0 fully saturated rings. The van der Waals surface area contributed by atoms with Gasteiger partial charge in [-0.3, -0.25) is 0 Å². The number of rotatable bonds is 5. The zero-order chi connectivity index (χ0) is 14.8. The van der Waals surface area contributed by atoms with Gasteiger partial charge in [-0.05, 0) is 0 Å². The molecule has 0 unspecified atom stereocenters. The van der Waals surface area contributed by atoms with Crippen LogP contribution in [-0.2, 0) is 19.0 Å². The summed E-state index contributed by atoms with van der Waals surface area (Å²) in [7, 11) is 1.44. The summed E-state index contributed by atoms with van der Waals surface area (Å²) >= 11 is 5.95. The fourth-order valence-electron chi connectivity index (χ4n) is 2.32. The summed E-state index contributed by atoms with van der Waals surface area (Å²) in [6.45, 7) is 1.40. The van der Waals surface area contributed by atoms with Crippen LogP contribution in [0.2, 0.25) is 0 Å². The van der Waals surface area contributed by atoms with Gasteiger partial charge in [-0.15, -0.1) is 11.6 Å². The number of benzene rings is 1. The summed E-state index contributed by atoms with van der Waals surface area (Å²) in [5.74, 6) is 0.750. The molecule has 3 aromatic rings. The Kier molecular flexibility index (Phi) is 3.79. The Morgan fingerprint density at radius 3 is 2.86 bits per heavy atom. The second-order valence-corrected chi connectivity index (χ2v) is 4.86. The van der Waals surface area contributed by atoms with Crippen molar-refractivity contribution >= 4 is 22.6 Å². The van der Waals surface area contributed by atoms with Crippen LogP contribution in [0.5, 0.6) is 5.75 Å². The maximum atomic E-state index is 13.8. The zero-order valence-electron chi connectivity index (χ0n) is 11.5. The van der Waals surface area contributed by atoms with Crippen LogP contribution in [0.4, 0.5) is 4.39 Å². The number of fused-ring (bicyclic) bond motifs is 1. The summed E-state index contributed by atoms with van der Waals surface area (Å²) in [6.07, 6.45) is 5.37. The van der Waals surface area contributed by atoms with Gasteiger partial charge in [0.2, 0.25) is 0 Å². The lowest BCUT2D eigenvalue weighted by atomic mass is 10.3. The first-order chi connectivity index (χ1) is 10.2. The maximum absolute atomic E-state index is 13.8. The van der Waals surface area contributed by atoms with E-state index in [1.165, 1.54) is 13.2 Å². The summed E-state index contributed by atoms with van der Waals surface area (Å²) < 4.78 is 22.7. The van der Waals surface area contributed by atoms with Crippen LogP contribution >= 0.6 is 11.6 Å². The van der Waals surface area contributed by atoms with Crippen LogP contribution in [0, 0.1) is 5.82 Å². The smallest absolute Gasteiger partial charge is 0.167 e. The van der Waals surface area contributed by atoms with Crippen molar-refractivity contribution < 1.29 is 9.13 Å². The van der Waals surface area contributed by atoms with Crippen molar-refractivity contribution in [1.29, 1.82) is 0 Å². The molecule has 2 heterocycles. The standard InChI is InChI=1S/C14H14ClFN4O/c1-21-13-7-12-11(6-10(13)16)18-14(8-15)20(12)5-4-19-3-2-17-9-19/h2-3,6-7,9H,4-5,8H2,1H3. The molecule has 0 radical (unpaired) electrons. The van der Waals surface area contributed by atoms with Crippen molar-refractivity contribution in [3.8, 4) is 5.75 Å². The van der Waals surface area contributed by atoms with Gasteiger partial charge in [-0.1, -0.05) is 0 Å². The molecular formula is C14H14ClFN4O. The Morgan fingerprint density at radius 1 is 1.33 bits per heavy atom. The normalized spacial score (nSPS) is 11.2. The van der Waals surface area contributed by atoms with E-state index in [1.54, 1.807) is 18.6 Å². The summed E-state index contributed by atoms with van der Waals surface area (Å²) in [4.78, 5) is 8.39. The minimum atomic E-state index is -0.426. The predicted molar refractivity (Wildman–Crippen MR) is 78.0 cm³/mol. The van der Waals surface area contributed by atoms with Gasteiger partial charge in [0.15, 0.2) is 11.6 Å². The third-order valence-corrected chi connectivity index (χ3v) is 3.60. The Labute approximate surface area is 125 Å². The number of hydrogen-bond donors (Lipinski definition) is 0. The van der Waals surface area contributed by atoms with Crippen molar-refractivity contribution in [3.05, 3.63) is 42.5 Å². The van der Waals surface area contributed by atoms with Crippen LogP contribution in [0.1, 0.15) is 5.82 Å². The van der Waals surface area contributed by atoms with Crippen molar-refractivity contribution in [2.24, 2.45) is 0 Å². The molecule has 0 aliphatic rings. The molecule has 5 nitrogen and oxygen atoms in total. The zero-order valence-corrected chi connectivity index (χ0v) is 12.2. The average molecular weight is 309 g/mol. The number of halogens is 2. The predicted octanol–water partition coefficient (Wildman–Crippen LogP) is 2.82. The second kappa shape index (κ2) is 5.73. The van der Waals surface area contributed by atoms with Gasteiger partial charge in [0, 0.05) is 37.6 Å². The highest BCUT2D eigenvalue weighted by Gasteiger charge is 2.14. The van der Waals surface area contributed by atoms with E-state index < -0.39 is 5.82 Å². The first-order valence-electron chi connectivity index (χ1n) is 6.47. The molecule has 7 heteroatoms. The Morgan fingerprint density at radius 2 is 2.19 bits per heavy atom. The monoisotopic (exact) mass is 308 g/mol. The molecule has 0 bridgehead atoms. The van der Waals surface area contributed by atoms with Gasteiger partial charge in [0.1, 0.15) is 5.82 Å². The number of aromatic nitrogens is 4. The molecule has 0 saturated heterocycles. The van der Waals surface area contributed by atoms with Gasteiger partial charge >= 0.3 is 0 Å². The lowest BCUT2D eigenvalue weighted by Gasteiger charge is -2.09. The fourth-order valence-corrected chi connectivity index (χ4v) is 2.52. The van der Waals surface area contributed by atoms with Crippen LogP contribution in [0.15, 0.2) is 30.9 Å². The van der Waals surface area contributed by atoms with Gasteiger partial charge in [0.05, 0.1) is 30.4 Å². The highest BCUT2D eigenvalue weighted by atomic mass is 35.5. The van der Waals surface area contributed by atoms with Crippen molar-refractivity contribution in [2.45, 2.75) is 19.0 Å². The lowest BCUT2D eigenvalue weighted by Crippen LogP contribution is -2.08. The van der Waals surface area contributed by atoms with E-state index >= 15 is 0 Å². The lowest BCUT2D eigenvalue weighted by molar-refractivity contribution is 0.387. The van der Waals surface area contributed by atoms with E-state index in [0.717, 1.165) is 12.1 Å². The third kappa shape index (κ3) is 2.58. The van der Waals surface area contributed by atoms with Crippen molar-refractivity contribution in [2.75, 3.05) is 7.11 Å². The summed E-state index contributed by atoms with van der Waals surface area (Å²) in [6, 6.07) is 3.03. The molecule has 0 saturated carbocycles. The van der Waals surface area contributed by atoms with Crippen molar-refractivity contribution in [1.82, 2.24) is 19.1 Å². The fraction of sp³-hybridized carbons (Fsp3) is 0.286. The number of alkyl halides is 1. The third-order valence-electron chi connectivity index (χ3n) is 3.36. The second-order valence-electron chi connectivity index (χ2n) is 4.59. The van der Waals surface area contributed by atoms with Crippen LogP contribution < -0.4 is 4.74 Å². The molecule has 3 rings (SSSR count). The van der Waals surface area contributed by atoms with Gasteiger partial charge in [-0.2, -0.15) is 0 Å². The number of nitrogens with zero attached hydrogens (tertiary/aromatic N) is 4. The maximum Gasteiger partial charge on any atom is 0.167 e. The molecule has 0 spiro atoms. The highest BCUT2D eigenvalue weighted by Crippen LogP contribution is 2.26. The first-order valence-corrected chi connectivity index (χ1v) is 7.00. The minimum Gasteiger partial charge on any atom is -0.494 e. The summed E-state index contributed by atoms with van der Waals surface area (Å²) in [5.41, 5.74) is 1.39. The van der Waals surface area contributed by atoms with E-state index in [-0.39, 0.29) is 11.6 Å². The number of imidazole rings is 2. The molecule has 0 atom stereocenters. The van der Waals surface area contributed by atoms with Gasteiger partial charge in [0.25, 0.3) is 0 Å². The first kappa shape index (κ1) is 13.9. The molecule has 1 aromatic carbocycles. The average Bonchev–Trinajstić information content (AvgIpc) is 3.11. The SMILES string of the molecule is COc1cc2c(cc1F)nc(CCl)n2CCn1ccnc1. The molecule has 0 aliphatic carbocycles. The summed E-state index contributed by atoms with van der Waals surface area (Å²) in [5, 5.41) is 0. The van der Waals surface area contributed by atoms with Gasteiger partial charge in [-0.25, -0.2) is 14.4 Å². The Hall–Kier alpha value is -2.08. The molecule has 110 valence electrons. The van der Waals surface area contributed by atoms with Crippen molar-refractivity contribution in [3.63, 3.8) is 0 Å². The topological polar surface area (TPSA) is 44.9 Å². The molecule has 21 heavy (non-hydrogen) atoms. The number of methoxy groups -OCH3 is 1.